The molecule has 8 heterocycles. The van der Waals surface area contributed by atoms with Crippen molar-refractivity contribution in [1.29, 1.82) is 0 Å². The number of carbonyl (C=O) groups is 12. The molecule has 12 N–H and O–H groups in total. The molecular weight excluding hydrogens is 1330 g/mol. The van der Waals surface area contributed by atoms with Crippen LogP contribution in [0.3, 0.4) is 0 Å². The first-order valence-electron chi connectivity index (χ1n) is 36.5. The van der Waals surface area contributed by atoms with Crippen molar-refractivity contribution in [3.05, 3.63) is 47.5 Å². The van der Waals surface area contributed by atoms with Crippen LogP contribution >= 0.6 is 0 Å². The lowest BCUT2D eigenvalue weighted by atomic mass is 9.86. The Hall–Kier alpha value is -8.48. The standard InChI is InChI=1S/C73H104N12O18/c1-32(2)19-22-46-58(88)80-54(38(13)86)64(94)84-50(62(92)78-52(34(5)6)68(98)102-56(36(9)10)66(96)82-25-15-17-48(82)60(90)74-46)30-72(100)42-28-40(20-23-44(42)76-70(72)84)41-21-24-45-43(29-41)73(101)31-51-63(93)79-53(35(7)8)69(99)103-57(37(11)12)67(97)83-26-16-18-49(83)61(91)75-47(27-33(3)4)59(89)81-55(39(14)87)65(95)85(51)71(73)77-45/h20-21,23-24,28-29,32-39,46-57,70-71,76-77,86-87,100-101H,15-19,22,25-27,30-31H2,1-14H3,(H,74,90)(H,75,91)(H,78,92)(H,79,93)(H,80,88)(H,81,89)/t38-,39-,46-,47-,48+,49+,50-,51-,52+,53+,54+,55+,56-,57-,70-,71-,72+,73+/m0/s1. The Bertz CT molecular complexity index is 3670. The normalized spacial score (nSPS) is 32.7. The first kappa shape index (κ1) is 77.1. The van der Waals surface area contributed by atoms with E-state index >= 15 is 19.2 Å². The van der Waals surface area contributed by atoms with Crippen molar-refractivity contribution >= 4 is 82.4 Å². The van der Waals surface area contributed by atoms with Crippen LogP contribution in [0.25, 0.3) is 11.1 Å². The molecule has 0 spiro atoms. The lowest BCUT2D eigenvalue weighted by Gasteiger charge is -2.36. The molecule has 0 aromatic heterocycles. The number of hydrogen-bond acceptors (Lipinski definition) is 20. The van der Waals surface area contributed by atoms with Gasteiger partial charge in [-0.1, -0.05) is 95.2 Å². The monoisotopic (exact) mass is 1440 g/mol. The zero-order valence-electron chi connectivity index (χ0n) is 61.2. The number of rotatable bonds is 12. The van der Waals surface area contributed by atoms with Crippen molar-refractivity contribution in [3.8, 4) is 11.1 Å². The number of aliphatic hydroxyl groups excluding tert-OH is 2. The maximum Gasteiger partial charge on any atom is 0.329 e. The summed E-state index contributed by atoms with van der Waals surface area (Å²) >= 11 is 0. The molecule has 6 saturated heterocycles. The van der Waals surface area contributed by atoms with Gasteiger partial charge in [0.15, 0.2) is 12.2 Å². The summed E-state index contributed by atoms with van der Waals surface area (Å²) in [6.07, 6.45) is -8.28. The Balaban J connectivity index is 1.01. The molecule has 10 amide bonds. The highest BCUT2D eigenvalue weighted by molar-refractivity contribution is 6.01. The average Bonchev–Trinajstić information content (AvgIpc) is 1.55. The van der Waals surface area contributed by atoms with Crippen molar-refractivity contribution in [3.63, 3.8) is 0 Å². The van der Waals surface area contributed by atoms with Crippen LogP contribution in [0.1, 0.15) is 166 Å². The van der Waals surface area contributed by atoms with E-state index in [0.717, 1.165) is 9.80 Å². The number of carbonyl (C=O) groups excluding carboxylic acids is 12. The summed E-state index contributed by atoms with van der Waals surface area (Å²) in [6, 6.07) is -4.64. The molecule has 2 aromatic rings. The molecule has 0 saturated carbocycles. The van der Waals surface area contributed by atoms with Gasteiger partial charge in [0.2, 0.25) is 47.3 Å². The van der Waals surface area contributed by atoms with Crippen LogP contribution in [0.5, 0.6) is 0 Å². The smallest absolute Gasteiger partial charge is 0.329 e. The minimum Gasteiger partial charge on any atom is -0.450 e. The first-order chi connectivity index (χ1) is 48.4. The number of cyclic esters (lactones) is 2. The van der Waals surface area contributed by atoms with E-state index < -0.39 is 216 Å². The maximum atomic E-state index is 15.5. The van der Waals surface area contributed by atoms with Crippen LogP contribution in [-0.4, -0.2) is 221 Å². The van der Waals surface area contributed by atoms with Gasteiger partial charge in [0.05, 0.1) is 12.2 Å². The van der Waals surface area contributed by atoms with Gasteiger partial charge in [0, 0.05) is 48.4 Å². The Morgan fingerprint density at radius 3 is 1.17 bits per heavy atom. The van der Waals surface area contributed by atoms with E-state index in [0.29, 0.717) is 41.8 Å². The number of anilines is 2. The second-order valence-electron chi connectivity index (χ2n) is 31.6. The van der Waals surface area contributed by atoms with Gasteiger partial charge >= 0.3 is 11.9 Å². The summed E-state index contributed by atoms with van der Waals surface area (Å²) in [5.41, 5.74) is -2.60. The highest BCUT2D eigenvalue weighted by Crippen LogP contribution is 2.53. The number of amides is 10. The fraction of sp³-hybridized carbons (Fsp3) is 0.671. The molecule has 30 heteroatoms. The highest BCUT2D eigenvalue weighted by Gasteiger charge is 2.64. The maximum absolute atomic E-state index is 15.5. The third-order valence-electron chi connectivity index (χ3n) is 21.5. The van der Waals surface area contributed by atoms with Crippen molar-refractivity contribution in [2.24, 2.45) is 35.5 Å². The fourth-order valence-corrected chi connectivity index (χ4v) is 15.8. The van der Waals surface area contributed by atoms with E-state index in [1.165, 1.54) is 23.6 Å². The van der Waals surface area contributed by atoms with Crippen molar-refractivity contribution in [2.75, 3.05) is 23.7 Å². The second-order valence-corrected chi connectivity index (χ2v) is 31.6. The number of ether oxygens (including phenoxy) is 2. The number of nitrogens with one attached hydrogen (secondary N) is 8. The van der Waals surface area contributed by atoms with Gasteiger partial charge in [-0.2, -0.15) is 0 Å². The Kier molecular flexibility index (Phi) is 22.7. The zero-order chi connectivity index (χ0) is 75.5. The molecule has 2 aromatic carbocycles. The van der Waals surface area contributed by atoms with Crippen LogP contribution in [0.2, 0.25) is 0 Å². The molecule has 103 heavy (non-hydrogen) atoms. The van der Waals surface area contributed by atoms with Gasteiger partial charge < -0.3 is 92.0 Å². The van der Waals surface area contributed by atoms with Crippen LogP contribution < -0.4 is 42.5 Å². The summed E-state index contributed by atoms with van der Waals surface area (Å²) in [5, 5.41) is 72.6. The molecule has 8 aliphatic rings. The lowest BCUT2D eigenvalue weighted by Crippen LogP contribution is -2.63. The zero-order valence-corrected chi connectivity index (χ0v) is 61.2. The summed E-state index contributed by atoms with van der Waals surface area (Å²) in [7, 11) is 0. The molecule has 6 fully saturated rings. The molecular formula is C73H104N12O18. The van der Waals surface area contributed by atoms with Crippen LogP contribution in [0.4, 0.5) is 11.4 Å². The van der Waals surface area contributed by atoms with Crippen LogP contribution in [0, 0.1) is 35.5 Å². The Morgan fingerprint density at radius 1 is 0.437 bits per heavy atom. The number of nitrogens with zero attached hydrogens (tertiary/aromatic N) is 4. The molecule has 10 rings (SSSR count). The number of fused-ring (bicyclic) bond motifs is 12. The molecule has 0 bridgehead atoms. The molecule has 0 radical (unpaired) electrons. The van der Waals surface area contributed by atoms with Gasteiger partial charge in [0.1, 0.15) is 84.0 Å². The summed E-state index contributed by atoms with van der Waals surface area (Å²) < 4.78 is 12.0. The fourth-order valence-electron chi connectivity index (χ4n) is 15.8. The Morgan fingerprint density at radius 2 is 0.806 bits per heavy atom. The summed E-state index contributed by atoms with van der Waals surface area (Å²) in [5.74, 6) is -12.9. The molecule has 30 nitrogen and oxygen atoms in total. The van der Waals surface area contributed by atoms with E-state index in [1.807, 2.05) is 27.7 Å². The van der Waals surface area contributed by atoms with Crippen molar-refractivity contribution in [1.82, 2.24) is 51.5 Å². The molecule has 8 aliphatic heterocycles. The SMILES string of the molecule is CC(C)CC[C@@H]1NC(=O)[C@H]2CCCN2C(=O)[C@H](C(C)C)OC(=O)[C@@H](C(C)C)NC(=O)[C@@H]2C[C@@]3(O)c4cc(-c5ccc6c(c5)[C@]5(O)C[C@H]7C(=O)N[C@H](C(C)C)C(=O)O[C@@H](C(C)C)C(=O)N8CCC[C@@H]8C(=O)N[C@@H](CC(C)C)C(=O)N[C@H]([C@H](C)O)C(=O)N7[C@@H]5N6)ccc4N[C@H]3N2C(=O)[C@@H]([C@H](C)O)NC1=O. The number of hydrogen-bond donors (Lipinski definition) is 12. The Labute approximate surface area is 599 Å². The van der Waals surface area contributed by atoms with Gasteiger partial charge in [-0.3, -0.25) is 47.9 Å². The lowest BCUT2D eigenvalue weighted by molar-refractivity contribution is -0.167. The van der Waals surface area contributed by atoms with E-state index in [2.05, 4.69) is 42.5 Å². The largest absolute Gasteiger partial charge is 0.450 e. The van der Waals surface area contributed by atoms with Gasteiger partial charge in [-0.15, -0.1) is 0 Å². The van der Waals surface area contributed by atoms with E-state index in [1.54, 1.807) is 91.8 Å². The predicted molar refractivity (Wildman–Crippen MR) is 372 cm³/mol. The van der Waals surface area contributed by atoms with Gasteiger partial charge in [-0.25, -0.2) is 9.59 Å². The minimum atomic E-state index is -2.17. The van der Waals surface area contributed by atoms with Gasteiger partial charge in [0.25, 0.3) is 11.8 Å². The quantitative estimate of drug-likeness (QED) is 0.132. The third kappa shape index (κ3) is 15.0. The van der Waals surface area contributed by atoms with Gasteiger partial charge in [-0.05, 0) is 130 Å². The molecule has 564 valence electrons. The summed E-state index contributed by atoms with van der Waals surface area (Å²) in [6.45, 7) is 23.5. The van der Waals surface area contributed by atoms with Crippen LogP contribution in [0.15, 0.2) is 36.4 Å². The molecule has 0 unspecified atom stereocenters. The van der Waals surface area contributed by atoms with Crippen molar-refractivity contribution in [2.45, 2.75) is 263 Å². The van der Waals surface area contributed by atoms with E-state index in [9.17, 15) is 58.8 Å². The minimum absolute atomic E-state index is 0.0434. The number of benzene rings is 2. The molecule has 0 aliphatic carbocycles. The molecule has 18 atom stereocenters. The number of esters is 2. The van der Waals surface area contributed by atoms with E-state index in [4.69, 9.17) is 9.47 Å². The van der Waals surface area contributed by atoms with E-state index in [-0.39, 0.29) is 61.7 Å². The average molecular weight is 1440 g/mol. The van der Waals surface area contributed by atoms with Crippen molar-refractivity contribution < 1.29 is 87.4 Å². The van der Waals surface area contributed by atoms with Crippen LogP contribution in [-0.2, 0) is 78.2 Å². The topological polar surface area (TPSA) is 413 Å². The second kappa shape index (κ2) is 30.3. The highest BCUT2D eigenvalue weighted by atomic mass is 16.6. The number of aliphatic hydroxyl groups is 4. The third-order valence-corrected chi connectivity index (χ3v) is 21.5. The summed E-state index contributed by atoms with van der Waals surface area (Å²) in [4.78, 5) is 182. The predicted octanol–water partition coefficient (Wildman–Crippen LogP) is 1.04. The first-order valence-corrected chi connectivity index (χ1v) is 36.5.